The lowest BCUT2D eigenvalue weighted by molar-refractivity contribution is -0.117. The average molecular weight is 282 g/mol. The molecule has 4 heteroatoms. The Morgan fingerprint density at radius 1 is 1.31 bits per heavy atom. The van der Waals surface area contributed by atoms with Gasteiger partial charge in [-0.1, -0.05) is 41.4 Å². The van der Waals surface area contributed by atoms with Gasteiger partial charge in [0, 0.05) is 5.56 Å². The van der Waals surface area contributed by atoms with Crippen molar-refractivity contribution in [2.75, 3.05) is 5.32 Å². The number of ketones is 1. The van der Waals surface area contributed by atoms with Crippen LogP contribution in [0.15, 0.2) is 24.3 Å². The van der Waals surface area contributed by atoms with Gasteiger partial charge in [-0.3, -0.25) is 9.59 Å². The van der Waals surface area contributed by atoms with Gasteiger partial charge in [0.15, 0.2) is 10.1 Å². The third-order valence-corrected chi connectivity index (χ3v) is 3.85. The van der Waals surface area contributed by atoms with E-state index in [-0.39, 0.29) is 11.7 Å². The monoisotopic (exact) mass is 281 g/mol. The summed E-state index contributed by atoms with van der Waals surface area (Å²) in [5.41, 5.74) is 1.18. The zero-order valence-electron chi connectivity index (χ0n) is 8.92. The van der Waals surface area contributed by atoms with Crippen molar-refractivity contribution >= 4 is 33.3 Å². The van der Waals surface area contributed by atoms with Crippen LogP contribution in [0, 0.1) is 0 Å². The fourth-order valence-electron chi connectivity index (χ4n) is 1.90. The van der Waals surface area contributed by atoms with Gasteiger partial charge in [0.2, 0.25) is 5.91 Å². The lowest BCUT2D eigenvalue weighted by Crippen LogP contribution is -2.48. The molecule has 1 heterocycles. The third-order valence-electron chi connectivity index (χ3n) is 2.73. The molecule has 1 unspecified atom stereocenters. The summed E-state index contributed by atoms with van der Waals surface area (Å²) in [4.78, 5) is 24.1. The zero-order valence-corrected chi connectivity index (χ0v) is 10.5. The van der Waals surface area contributed by atoms with Crippen molar-refractivity contribution in [2.45, 2.75) is 24.1 Å². The first-order valence-corrected chi connectivity index (χ1v) is 6.03. The fourth-order valence-corrected chi connectivity index (χ4v) is 2.61. The minimum absolute atomic E-state index is 0.145. The predicted molar refractivity (Wildman–Crippen MR) is 66.0 cm³/mol. The lowest BCUT2D eigenvalue weighted by Gasteiger charge is -2.30. The molecule has 1 N–H and O–H groups in total. The molecule has 0 saturated carbocycles. The second-order valence-electron chi connectivity index (χ2n) is 3.88. The number of benzene rings is 1. The van der Waals surface area contributed by atoms with Crippen LogP contribution in [0.3, 0.4) is 0 Å². The number of carbonyl (C=O) groups is 2. The summed E-state index contributed by atoms with van der Waals surface area (Å²) in [7, 11) is 0. The SMILES string of the molecule is CCCC1(Br)C(=O)Nc2ccccc2C1=O. The van der Waals surface area contributed by atoms with Crippen LogP contribution in [0.25, 0.3) is 0 Å². The molecule has 1 aromatic carbocycles. The van der Waals surface area contributed by atoms with Crippen LogP contribution in [-0.2, 0) is 4.79 Å². The van der Waals surface area contributed by atoms with Crippen molar-refractivity contribution in [1.29, 1.82) is 0 Å². The van der Waals surface area contributed by atoms with Crippen LogP contribution in [-0.4, -0.2) is 16.0 Å². The van der Waals surface area contributed by atoms with Gasteiger partial charge in [0.05, 0.1) is 5.69 Å². The average Bonchev–Trinajstić information content (AvgIpc) is 2.27. The van der Waals surface area contributed by atoms with Crippen molar-refractivity contribution in [3.63, 3.8) is 0 Å². The van der Waals surface area contributed by atoms with E-state index in [0.717, 1.165) is 6.42 Å². The quantitative estimate of drug-likeness (QED) is 0.669. The summed E-state index contributed by atoms with van der Waals surface area (Å²) in [6, 6.07) is 7.08. The molecular weight excluding hydrogens is 270 g/mol. The molecule has 0 aromatic heterocycles. The molecule has 1 atom stereocenters. The molecule has 2 rings (SSSR count). The van der Waals surface area contributed by atoms with Gasteiger partial charge in [0.25, 0.3) is 0 Å². The van der Waals surface area contributed by atoms with Crippen LogP contribution >= 0.6 is 15.9 Å². The van der Waals surface area contributed by atoms with Crippen molar-refractivity contribution in [2.24, 2.45) is 0 Å². The second-order valence-corrected chi connectivity index (χ2v) is 5.23. The largest absolute Gasteiger partial charge is 0.324 e. The summed E-state index contributed by atoms with van der Waals surface area (Å²) in [6.45, 7) is 1.95. The Labute approximate surface area is 102 Å². The van der Waals surface area contributed by atoms with E-state index in [1.54, 1.807) is 24.3 Å². The normalized spacial score (nSPS) is 23.9. The molecule has 0 fully saturated rings. The number of rotatable bonds is 2. The van der Waals surface area contributed by atoms with E-state index in [1.807, 2.05) is 6.92 Å². The second kappa shape index (κ2) is 4.01. The van der Waals surface area contributed by atoms with E-state index in [2.05, 4.69) is 21.2 Å². The van der Waals surface area contributed by atoms with Gasteiger partial charge in [0.1, 0.15) is 0 Å². The number of Topliss-reactive ketones (excluding diaryl/α,β-unsaturated/α-hetero) is 1. The number of para-hydroxylation sites is 1. The van der Waals surface area contributed by atoms with Crippen LogP contribution in [0.1, 0.15) is 30.1 Å². The number of fused-ring (bicyclic) bond motifs is 1. The van der Waals surface area contributed by atoms with Crippen molar-refractivity contribution in [3.8, 4) is 0 Å². The highest BCUT2D eigenvalue weighted by molar-refractivity contribution is 9.10. The fraction of sp³-hybridized carbons (Fsp3) is 0.333. The van der Waals surface area contributed by atoms with E-state index in [0.29, 0.717) is 17.7 Å². The van der Waals surface area contributed by atoms with Gasteiger partial charge in [-0.2, -0.15) is 0 Å². The molecule has 84 valence electrons. The summed E-state index contributed by atoms with van der Waals surface area (Å²) < 4.78 is -1.09. The Balaban J connectivity index is 2.49. The van der Waals surface area contributed by atoms with Gasteiger partial charge in [-0.15, -0.1) is 0 Å². The maximum atomic E-state index is 12.2. The topological polar surface area (TPSA) is 46.2 Å². The molecule has 1 aliphatic rings. The van der Waals surface area contributed by atoms with Crippen LogP contribution in [0.4, 0.5) is 5.69 Å². The Morgan fingerprint density at radius 2 is 2.00 bits per heavy atom. The molecule has 16 heavy (non-hydrogen) atoms. The first-order valence-electron chi connectivity index (χ1n) is 5.24. The first kappa shape index (κ1) is 11.3. The number of halogens is 1. The Hall–Kier alpha value is -1.16. The van der Waals surface area contributed by atoms with Gasteiger partial charge in [-0.05, 0) is 18.6 Å². The molecule has 1 aliphatic heterocycles. The Morgan fingerprint density at radius 3 is 2.69 bits per heavy atom. The van der Waals surface area contributed by atoms with Crippen molar-refractivity contribution in [3.05, 3.63) is 29.8 Å². The molecule has 0 bridgehead atoms. The van der Waals surface area contributed by atoms with Crippen LogP contribution in [0.5, 0.6) is 0 Å². The number of hydrogen-bond acceptors (Lipinski definition) is 2. The van der Waals surface area contributed by atoms with Gasteiger partial charge < -0.3 is 5.32 Å². The van der Waals surface area contributed by atoms with E-state index < -0.39 is 4.32 Å². The summed E-state index contributed by atoms with van der Waals surface area (Å²) in [6.07, 6.45) is 1.28. The van der Waals surface area contributed by atoms with Gasteiger partial charge >= 0.3 is 0 Å². The number of nitrogens with one attached hydrogen (secondary N) is 1. The number of hydrogen-bond donors (Lipinski definition) is 1. The van der Waals surface area contributed by atoms with E-state index >= 15 is 0 Å². The molecule has 0 saturated heterocycles. The highest BCUT2D eigenvalue weighted by atomic mass is 79.9. The number of anilines is 1. The van der Waals surface area contributed by atoms with Crippen molar-refractivity contribution in [1.82, 2.24) is 0 Å². The predicted octanol–water partition coefficient (Wildman–Crippen LogP) is 2.76. The lowest BCUT2D eigenvalue weighted by atomic mass is 9.88. The maximum Gasteiger partial charge on any atom is 0.249 e. The molecule has 0 spiro atoms. The van der Waals surface area contributed by atoms with E-state index in [9.17, 15) is 9.59 Å². The maximum absolute atomic E-state index is 12.2. The number of carbonyl (C=O) groups excluding carboxylic acids is 2. The van der Waals surface area contributed by atoms with Gasteiger partial charge in [-0.25, -0.2) is 0 Å². The summed E-state index contributed by atoms with van der Waals surface area (Å²) in [5.74, 6) is -0.410. The summed E-state index contributed by atoms with van der Waals surface area (Å²) in [5, 5.41) is 2.76. The third kappa shape index (κ3) is 1.57. The molecule has 1 amide bonds. The van der Waals surface area contributed by atoms with E-state index in [4.69, 9.17) is 0 Å². The minimum Gasteiger partial charge on any atom is -0.324 e. The first-order chi connectivity index (χ1) is 7.59. The molecular formula is C12H12BrNO2. The zero-order chi connectivity index (χ0) is 11.8. The number of alkyl halides is 1. The smallest absolute Gasteiger partial charge is 0.249 e. The van der Waals surface area contributed by atoms with E-state index in [1.165, 1.54) is 0 Å². The molecule has 0 radical (unpaired) electrons. The highest BCUT2D eigenvalue weighted by Gasteiger charge is 2.46. The number of amides is 1. The van der Waals surface area contributed by atoms with Crippen LogP contribution in [0.2, 0.25) is 0 Å². The standard InChI is InChI=1S/C12H12BrNO2/c1-2-7-12(13)10(15)8-5-3-4-6-9(8)14-11(12)16/h3-6H,2,7H2,1H3,(H,14,16). The minimum atomic E-state index is -1.09. The molecule has 0 aliphatic carbocycles. The molecule has 1 aromatic rings. The highest BCUT2D eigenvalue weighted by Crippen LogP contribution is 2.36. The Kier molecular flexibility index (Phi) is 2.84. The summed E-state index contributed by atoms with van der Waals surface area (Å²) >= 11 is 3.30. The molecule has 3 nitrogen and oxygen atoms in total. The van der Waals surface area contributed by atoms with Crippen molar-refractivity contribution < 1.29 is 9.59 Å². The van der Waals surface area contributed by atoms with Crippen LogP contribution < -0.4 is 5.32 Å². The Bertz CT molecular complexity index is 458.